The molecule has 0 fully saturated rings. The van der Waals surface area contributed by atoms with Gasteiger partial charge in [0.1, 0.15) is 12.6 Å². The molecular formula is C36H39Cl2N3O6S. The molecule has 0 saturated heterocycles. The number of benzene rings is 4. The maximum atomic E-state index is 14.7. The lowest BCUT2D eigenvalue weighted by Gasteiger charge is -2.34. The average molecular weight is 713 g/mol. The highest BCUT2D eigenvalue weighted by atomic mass is 35.5. The standard InChI is InChI=1S/C36H39Cl2N3O6S/c1-5-25(2)39-36(43)32(21-26-12-8-6-9-13-26)40(23-27-16-18-30(37)31(38)20-27)35(42)24-41(48(44,45)29-14-10-7-11-15-29)28-17-19-33(46-3)34(22-28)47-4/h6-20,22,25,32H,5,21,23-24H2,1-4H3,(H,39,43)/t25-,32+/m1/s1. The van der Waals surface area contributed by atoms with E-state index in [1.807, 2.05) is 44.2 Å². The first-order valence-corrected chi connectivity index (χ1v) is 17.6. The molecule has 0 spiro atoms. The number of ether oxygens (including phenoxy) is 2. The second-order valence-corrected chi connectivity index (χ2v) is 13.8. The van der Waals surface area contributed by atoms with E-state index in [0.29, 0.717) is 22.8 Å². The third kappa shape index (κ3) is 9.00. The Labute approximate surface area is 292 Å². The van der Waals surface area contributed by atoms with E-state index in [9.17, 15) is 18.0 Å². The summed E-state index contributed by atoms with van der Waals surface area (Å²) in [5, 5.41) is 3.63. The van der Waals surface area contributed by atoms with Crippen molar-refractivity contribution in [3.8, 4) is 11.5 Å². The molecule has 0 heterocycles. The Balaban J connectivity index is 1.85. The lowest BCUT2D eigenvalue weighted by molar-refractivity contribution is -0.140. The van der Waals surface area contributed by atoms with Gasteiger partial charge in [0.15, 0.2) is 11.5 Å². The van der Waals surface area contributed by atoms with E-state index in [4.69, 9.17) is 32.7 Å². The lowest BCUT2D eigenvalue weighted by Crippen LogP contribution is -2.54. The van der Waals surface area contributed by atoms with Crippen molar-refractivity contribution in [2.75, 3.05) is 25.1 Å². The molecule has 0 aliphatic rings. The van der Waals surface area contributed by atoms with Crippen molar-refractivity contribution in [3.05, 3.63) is 118 Å². The van der Waals surface area contributed by atoms with Gasteiger partial charge in [-0.1, -0.05) is 84.7 Å². The van der Waals surface area contributed by atoms with E-state index < -0.39 is 28.5 Å². The number of nitrogens with one attached hydrogen (secondary N) is 1. The van der Waals surface area contributed by atoms with Crippen LogP contribution in [-0.2, 0) is 32.6 Å². The molecule has 0 bridgehead atoms. The van der Waals surface area contributed by atoms with Crippen molar-refractivity contribution in [1.82, 2.24) is 10.2 Å². The number of nitrogens with zero attached hydrogens (tertiary/aromatic N) is 2. The summed E-state index contributed by atoms with van der Waals surface area (Å²) in [5.41, 5.74) is 1.60. The van der Waals surface area contributed by atoms with Crippen LogP contribution in [0, 0.1) is 0 Å². The maximum absolute atomic E-state index is 14.7. The molecule has 0 aromatic heterocycles. The summed E-state index contributed by atoms with van der Waals surface area (Å²) in [4.78, 5) is 30.0. The molecule has 1 N–H and O–H groups in total. The van der Waals surface area contributed by atoms with Crippen LogP contribution in [-0.4, -0.2) is 58.0 Å². The van der Waals surface area contributed by atoms with E-state index in [1.165, 1.54) is 43.4 Å². The van der Waals surface area contributed by atoms with Crippen LogP contribution in [0.2, 0.25) is 10.0 Å². The topological polar surface area (TPSA) is 105 Å². The second kappa shape index (κ2) is 16.7. The molecule has 2 amide bonds. The third-order valence-corrected chi connectivity index (χ3v) is 10.4. The smallest absolute Gasteiger partial charge is 0.264 e. The molecule has 0 unspecified atom stereocenters. The van der Waals surface area contributed by atoms with Crippen LogP contribution in [0.15, 0.2) is 102 Å². The van der Waals surface area contributed by atoms with Crippen molar-refractivity contribution < 1.29 is 27.5 Å². The predicted octanol–water partition coefficient (Wildman–Crippen LogP) is 6.76. The van der Waals surface area contributed by atoms with Crippen LogP contribution < -0.4 is 19.1 Å². The minimum atomic E-state index is -4.29. The SMILES string of the molecule is CC[C@@H](C)NC(=O)[C@H](Cc1ccccc1)N(Cc1ccc(Cl)c(Cl)c1)C(=O)CN(c1ccc(OC)c(OC)c1)S(=O)(=O)c1ccccc1. The Morgan fingerprint density at radius 3 is 2.06 bits per heavy atom. The first kappa shape index (κ1) is 36.6. The molecule has 4 rings (SSSR count). The van der Waals surface area contributed by atoms with Crippen LogP contribution in [0.25, 0.3) is 0 Å². The number of carbonyl (C=O) groups excluding carboxylic acids is 2. The summed E-state index contributed by atoms with van der Waals surface area (Å²) in [6, 6.07) is 25.5. The highest BCUT2D eigenvalue weighted by molar-refractivity contribution is 7.92. The first-order chi connectivity index (χ1) is 23.0. The van der Waals surface area contributed by atoms with Gasteiger partial charge in [-0.2, -0.15) is 0 Å². The van der Waals surface area contributed by atoms with Crippen LogP contribution >= 0.6 is 23.2 Å². The molecule has 12 heteroatoms. The largest absolute Gasteiger partial charge is 0.493 e. The number of hydrogen-bond acceptors (Lipinski definition) is 6. The van der Waals surface area contributed by atoms with Gasteiger partial charge in [0.05, 0.1) is 34.8 Å². The summed E-state index contributed by atoms with van der Waals surface area (Å²) in [6.07, 6.45) is 0.852. The number of carbonyl (C=O) groups is 2. The molecule has 0 aliphatic carbocycles. The number of halogens is 2. The molecule has 0 saturated carbocycles. The number of anilines is 1. The molecule has 254 valence electrons. The van der Waals surface area contributed by atoms with Gasteiger partial charge in [0.25, 0.3) is 10.0 Å². The monoisotopic (exact) mass is 711 g/mol. The first-order valence-electron chi connectivity index (χ1n) is 15.4. The van der Waals surface area contributed by atoms with Crippen molar-refractivity contribution in [2.24, 2.45) is 0 Å². The van der Waals surface area contributed by atoms with Crippen LogP contribution in [0.5, 0.6) is 11.5 Å². The van der Waals surface area contributed by atoms with Gasteiger partial charge in [0.2, 0.25) is 11.8 Å². The number of amides is 2. The quantitative estimate of drug-likeness (QED) is 0.146. The van der Waals surface area contributed by atoms with Crippen molar-refractivity contribution in [2.45, 2.75) is 50.2 Å². The fourth-order valence-electron chi connectivity index (χ4n) is 5.06. The highest BCUT2D eigenvalue weighted by Crippen LogP contribution is 2.34. The number of rotatable bonds is 15. The Kier molecular flexibility index (Phi) is 12.7. The van der Waals surface area contributed by atoms with E-state index >= 15 is 0 Å². The molecular weight excluding hydrogens is 673 g/mol. The van der Waals surface area contributed by atoms with E-state index in [1.54, 1.807) is 42.5 Å². The van der Waals surface area contributed by atoms with Crippen LogP contribution in [0.4, 0.5) is 5.69 Å². The minimum Gasteiger partial charge on any atom is -0.493 e. The summed E-state index contributed by atoms with van der Waals surface area (Å²) in [5.74, 6) is -0.324. The zero-order valence-electron chi connectivity index (χ0n) is 27.2. The van der Waals surface area contributed by atoms with Crippen LogP contribution in [0.3, 0.4) is 0 Å². The van der Waals surface area contributed by atoms with Gasteiger partial charge in [-0.15, -0.1) is 0 Å². The zero-order chi connectivity index (χ0) is 34.8. The maximum Gasteiger partial charge on any atom is 0.264 e. The normalized spacial score (nSPS) is 12.5. The number of methoxy groups -OCH3 is 2. The van der Waals surface area contributed by atoms with Gasteiger partial charge in [-0.3, -0.25) is 13.9 Å². The molecule has 0 aliphatic heterocycles. The fourth-order valence-corrected chi connectivity index (χ4v) is 6.81. The van der Waals surface area contributed by atoms with E-state index in [-0.39, 0.29) is 46.3 Å². The van der Waals surface area contributed by atoms with Crippen LogP contribution in [0.1, 0.15) is 31.4 Å². The number of hydrogen-bond donors (Lipinski definition) is 1. The molecule has 9 nitrogen and oxygen atoms in total. The fraction of sp³-hybridized carbons (Fsp3) is 0.278. The molecule has 0 radical (unpaired) electrons. The van der Waals surface area contributed by atoms with E-state index in [0.717, 1.165) is 9.87 Å². The second-order valence-electron chi connectivity index (χ2n) is 11.2. The molecule has 4 aromatic carbocycles. The summed E-state index contributed by atoms with van der Waals surface area (Å²) >= 11 is 12.6. The van der Waals surface area contributed by atoms with Gasteiger partial charge in [-0.25, -0.2) is 8.42 Å². The zero-order valence-corrected chi connectivity index (χ0v) is 29.6. The number of sulfonamides is 1. The third-order valence-electron chi connectivity index (χ3n) is 7.87. The summed E-state index contributed by atoms with van der Waals surface area (Å²) in [7, 11) is -1.38. The lowest BCUT2D eigenvalue weighted by atomic mass is 10.0. The van der Waals surface area contributed by atoms with Gasteiger partial charge in [0, 0.05) is 25.1 Å². The average Bonchev–Trinajstić information content (AvgIpc) is 3.10. The van der Waals surface area contributed by atoms with E-state index in [2.05, 4.69) is 5.32 Å². The van der Waals surface area contributed by atoms with Crippen molar-refractivity contribution in [1.29, 1.82) is 0 Å². The van der Waals surface area contributed by atoms with Crippen molar-refractivity contribution in [3.63, 3.8) is 0 Å². The van der Waals surface area contributed by atoms with Gasteiger partial charge < -0.3 is 19.7 Å². The van der Waals surface area contributed by atoms with Gasteiger partial charge in [-0.05, 0) is 60.9 Å². The van der Waals surface area contributed by atoms with Gasteiger partial charge >= 0.3 is 0 Å². The predicted molar refractivity (Wildman–Crippen MR) is 189 cm³/mol. The molecule has 48 heavy (non-hydrogen) atoms. The van der Waals surface area contributed by atoms with Crippen molar-refractivity contribution >= 4 is 50.7 Å². The summed E-state index contributed by atoms with van der Waals surface area (Å²) in [6.45, 7) is 3.15. The summed E-state index contributed by atoms with van der Waals surface area (Å²) < 4.78 is 40.3. The molecule has 2 atom stereocenters. The Hall–Kier alpha value is -4.25. The Morgan fingerprint density at radius 2 is 1.46 bits per heavy atom. The Bertz CT molecular complexity index is 1810. The highest BCUT2D eigenvalue weighted by Gasteiger charge is 2.35. The Morgan fingerprint density at radius 1 is 0.812 bits per heavy atom. The minimum absolute atomic E-state index is 0.0148. The molecule has 4 aromatic rings.